The molecule has 394 valence electrons. The molecule has 1 aliphatic carbocycles. The lowest BCUT2D eigenvalue weighted by atomic mass is 9.67. The van der Waals surface area contributed by atoms with E-state index in [1.54, 1.807) is 25.3 Å². The van der Waals surface area contributed by atoms with Crippen LogP contribution in [-0.2, 0) is 46.4 Å². The molecule has 6 atom stereocenters. The van der Waals surface area contributed by atoms with Crippen LogP contribution < -0.4 is 10.7 Å². The van der Waals surface area contributed by atoms with Gasteiger partial charge < -0.3 is 29.0 Å². The summed E-state index contributed by atoms with van der Waals surface area (Å²) in [6.07, 6.45) is 4.16. The highest BCUT2D eigenvalue weighted by atomic mass is 127. The number of fused-ring (bicyclic) bond motifs is 8. The molecule has 2 unspecified atom stereocenters. The number of halogens is 1. The number of rotatable bonds is 9. The molecule has 6 bridgehead atoms. The summed E-state index contributed by atoms with van der Waals surface area (Å²) in [5, 5.41) is 6.98. The van der Waals surface area contributed by atoms with Crippen LogP contribution in [0.3, 0.4) is 0 Å². The number of benzene rings is 2. The van der Waals surface area contributed by atoms with Crippen molar-refractivity contribution in [3.8, 4) is 34.2 Å². The van der Waals surface area contributed by atoms with Crippen molar-refractivity contribution in [2.75, 3.05) is 67.7 Å². The molecule has 2 aromatic heterocycles. The standard InChI is InChI=1S/C56H70IN9O8/c1-10-64-43-18-17-38-32-41(43)45-46(50(72-9)47-40(49(45)64)16-12-25-58-47)54(4,5)34-74-53(70)56(57)21-13-26-65(60-56)52(69)42(31-36-14-11-15-37(38)30-36)59-51(68)48(35(2)3)62(8)66(71)39-20-27-63(33-39)44(67)19-22-55(61(6)7)23-28-73-29-24-55/h11-12,14-18,25,30,32,35,39,42,46,48,50,60H,10,13,20-21,23-24,26-29,31,33-34H2,1-9H3/p+1/t39-,42?,46?,48-,50-,56+/m0/s1. The average Bonchev–Trinajstić information content (AvgIpc) is 4.04. The molecule has 4 aliphatic heterocycles. The largest absolute Gasteiger partial charge is 0.463 e. The molecule has 0 saturated carbocycles. The maximum absolute atomic E-state index is 15.0. The lowest BCUT2D eigenvalue weighted by Gasteiger charge is -2.43. The Morgan fingerprint density at radius 3 is 2.51 bits per heavy atom. The predicted octanol–water partition coefficient (Wildman–Crippen LogP) is 6.41. The summed E-state index contributed by atoms with van der Waals surface area (Å²) in [5.41, 5.74) is 9.92. The van der Waals surface area contributed by atoms with Crippen LogP contribution in [-0.4, -0.2) is 153 Å². The molecule has 3 saturated heterocycles. The molecule has 2 aromatic carbocycles. The fraction of sp³-hybridized carbons (Fsp3) is 0.554. The number of esters is 1. The van der Waals surface area contributed by atoms with Crippen molar-refractivity contribution in [2.45, 2.75) is 119 Å². The Hall–Kier alpha value is -5.46. The van der Waals surface area contributed by atoms with Gasteiger partial charge in [0.25, 0.3) is 17.9 Å². The van der Waals surface area contributed by atoms with Gasteiger partial charge in [0.1, 0.15) is 17.0 Å². The minimum absolute atomic E-state index is 0.0509. The maximum Gasteiger partial charge on any atom is 0.338 e. The van der Waals surface area contributed by atoms with E-state index in [1.165, 1.54) is 10.0 Å². The molecule has 6 heterocycles. The highest BCUT2D eigenvalue weighted by Gasteiger charge is 2.50. The Labute approximate surface area is 448 Å². The highest BCUT2D eigenvalue weighted by molar-refractivity contribution is 14.1. The van der Waals surface area contributed by atoms with E-state index < -0.39 is 56.5 Å². The van der Waals surface area contributed by atoms with Gasteiger partial charge in [0.05, 0.1) is 42.0 Å². The van der Waals surface area contributed by atoms with Crippen LogP contribution in [0.1, 0.15) is 95.6 Å². The first-order valence-electron chi connectivity index (χ1n) is 26.1. The third kappa shape index (κ3) is 9.94. The molecular weight excluding hydrogens is 1050 g/mol. The third-order valence-electron chi connectivity index (χ3n) is 16.1. The first-order chi connectivity index (χ1) is 35.3. The quantitative estimate of drug-likeness (QED) is 0.0360. The van der Waals surface area contributed by atoms with E-state index in [2.05, 4.69) is 107 Å². The van der Waals surface area contributed by atoms with Crippen LogP contribution in [0.2, 0.25) is 0 Å². The molecule has 9 rings (SSSR count). The molecule has 0 spiro atoms. The number of nitroso groups, excluding NO2 is 1. The summed E-state index contributed by atoms with van der Waals surface area (Å²) >= 11 is 2.07. The SMILES string of the molecule is CCn1c2c3c4cc(ccc41)-c1cccc(c1)CC(NC(=O)[C@H](C(C)C)N(C)[N+](=O)[C@H]1CCN(C(=O)C#CC4(N(C)C)CCOCC4)C1)C(=O)N1CCC[C@@](I)(N1)C(=O)OCC(C)(C)C3[C@H](OC)c1ncccc1-2. The maximum atomic E-state index is 15.0. The van der Waals surface area contributed by atoms with Crippen LogP contribution in [0.25, 0.3) is 33.3 Å². The molecule has 74 heavy (non-hydrogen) atoms. The second-order valence-electron chi connectivity index (χ2n) is 21.9. The normalized spacial score (nSPS) is 24.9. The van der Waals surface area contributed by atoms with Gasteiger partial charge in [0, 0.05) is 99.6 Å². The number of pyridine rings is 1. The zero-order chi connectivity index (χ0) is 52.9. The second-order valence-corrected chi connectivity index (χ2v) is 23.7. The summed E-state index contributed by atoms with van der Waals surface area (Å²) in [5.74, 6) is 3.70. The minimum atomic E-state index is -1.30. The van der Waals surface area contributed by atoms with Crippen LogP contribution in [0, 0.1) is 28.1 Å². The van der Waals surface area contributed by atoms with Crippen LogP contribution >= 0.6 is 22.6 Å². The number of hydrogen-bond donors (Lipinski definition) is 2. The molecule has 2 N–H and O–H groups in total. The Balaban J connectivity index is 1.03. The van der Waals surface area contributed by atoms with E-state index in [9.17, 15) is 19.3 Å². The van der Waals surface area contributed by atoms with Crippen molar-refractivity contribution in [3.05, 3.63) is 82.5 Å². The van der Waals surface area contributed by atoms with Crippen LogP contribution in [0.15, 0.2) is 60.8 Å². The number of cyclic esters (lactones) is 1. The van der Waals surface area contributed by atoms with Crippen molar-refractivity contribution < 1.29 is 38.3 Å². The number of alkyl halides is 1. The summed E-state index contributed by atoms with van der Waals surface area (Å²) in [6.45, 7) is 12.8. The van der Waals surface area contributed by atoms with Gasteiger partial charge >= 0.3 is 5.97 Å². The lowest BCUT2D eigenvalue weighted by molar-refractivity contribution is -0.732. The minimum Gasteiger partial charge on any atom is -0.463 e. The van der Waals surface area contributed by atoms with Gasteiger partial charge in [-0.3, -0.25) is 29.3 Å². The van der Waals surface area contributed by atoms with Gasteiger partial charge in [-0.05, 0) is 115 Å². The Bertz CT molecular complexity index is 2900. The number of aromatic nitrogens is 2. The zero-order valence-corrected chi connectivity index (χ0v) is 46.4. The molecule has 17 nitrogen and oxygen atoms in total. The van der Waals surface area contributed by atoms with Crippen LogP contribution in [0.5, 0.6) is 0 Å². The number of ether oxygens (including phenoxy) is 3. The van der Waals surface area contributed by atoms with Crippen molar-refractivity contribution >= 4 is 57.2 Å². The number of nitrogens with zero attached hydrogens (tertiary/aromatic N) is 7. The van der Waals surface area contributed by atoms with Crippen molar-refractivity contribution in [3.63, 3.8) is 0 Å². The first-order valence-corrected chi connectivity index (χ1v) is 27.1. The molecular formula is C56H71IN9O8+. The number of likely N-dealkylation sites (N-methyl/N-ethyl adjacent to an activating group) is 1. The van der Waals surface area contributed by atoms with Crippen LogP contribution in [0.4, 0.5) is 0 Å². The topological polar surface area (TPSA) is 171 Å². The van der Waals surface area contributed by atoms with E-state index in [-0.39, 0.29) is 43.9 Å². The van der Waals surface area contributed by atoms with E-state index in [4.69, 9.17) is 19.2 Å². The van der Waals surface area contributed by atoms with Gasteiger partial charge in [-0.25, -0.2) is 10.2 Å². The van der Waals surface area contributed by atoms with E-state index in [0.717, 1.165) is 55.0 Å². The zero-order valence-electron chi connectivity index (χ0n) is 44.2. The smallest absolute Gasteiger partial charge is 0.338 e. The van der Waals surface area contributed by atoms with Gasteiger partial charge in [-0.15, -0.1) is 5.01 Å². The lowest BCUT2D eigenvalue weighted by Crippen LogP contribution is -2.65. The van der Waals surface area contributed by atoms with Gasteiger partial charge in [0.2, 0.25) is 5.91 Å². The Kier molecular flexibility index (Phi) is 15.3. The number of likely N-dealkylation sites (tertiary alicyclic amines) is 1. The number of nitrogens with one attached hydrogen (secondary N) is 2. The number of aryl methyl sites for hydroxylation is 1. The van der Waals surface area contributed by atoms with E-state index in [1.807, 2.05) is 51.0 Å². The number of carbonyl (C=O) groups is 4. The molecule has 5 aliphatic rings. The summed E-state index contributed by atoms with van der Waals surface area (Å²) in [4.78, 5) is 81.4. The van der Waals surface area contributed by atoms with Crippen molar-refractivity contribution in [1.82, 2.24) is 40.1 Å². The number of hydrogen-bond acceptors (Lipinski definition) is 11. The Morgan fingerprint density at radius 2 is 1.80 bits per heavy atom. The monoisotopic (exact) mass is 1120 g/mol. The van der Waals surface area contributed by atoms with Gasteiger partial charge in [-0.2, -0.15) is 0 Å². The van der Waals surface area contributed by atoms with Gasteiger partial charge in [-0.1, -0.05) is 63.9 Å². The molecule has 3 amide bonds. The molecule has 0 radical (unpaired) electrons. The fourth-order valence-corrected chi connectivity index (χ4v) is 12.9. The van der Waals surface area contributed by atoms with Crippen molar-refractivity contribution in [2.24, 2.45) is 11.3 Å². The fourth-order valence-electron chi connectivity index (χ4n) is 12.1. The highest BCUT2D eigenvalue weighted by Crippen LogP contribution is 2.57. The average molecular weight is 1130 g/mol. The number of amides is 3. The summed E-state index contributed by atoms with van der Waals surface area (Å²) in [7, 11) is 7.22. The predicted molar refractivity (Wildman–Crippen MR) is 289 cm³/mol. The van der Waals surface area contributed by atoms with Gasteiger partial charge in [0.15, 0.2) is 9.59 Å². The van der Waals surface area contributed by atoms with E-state index >= 15 is 4.79 Å². The molecule has 4 aromatic rings. The first kappa shape index (κ1) is 53.4. The Morgan fingerprint density at radius 1 is 1.04 bits per heavy atom. The molecule has 18 heteroatoms. The summed E-state index contributed by atoms with van der Waals surface area (Å²) in [6, 6.07) is 15.9. The third-order valence-corrected chi connectivity index (χ3v) is 17.4. The van der Waals surface area contributed by atoms with E-state index in [0.29, 0.717) is 58.4 Å². The number of carbonyl (C=O) groups excluding carboxylic acids is 4. The summed E-state index contributed by atoms with van der Waals surface area (Å²) < 4.78 is 19.4. The molecule has 3 fully saturated rings. The second kappa shape index (κ2) is 21.3. The number of methoxy groups -OCH3 is 1. The number of hydrazine groups is 2. The van der Waals surface area contributed by atoms with Crippen molar-refractivity contribution in [1.29, 1.82) is 0 Å².